The highest BCUT2D eigenvalue weighted by Crippen LogP contribution is 2.17. The van der Waals surface area contributed by atoms with E-state index in [1.807, 2.05) is 13.8 Å². The van der Waals surface area contributed by atoms with Crippen molar-refractivity contribution in [1.29, 1.82) is 0 Å². The summed E-state index contributed by atoms with van der Waals surface area (Å²) in [7, 11) is 2.25. The molecule has 2 heterocycles. The molecule has 0 atom stereocenters. The molecule has 0 N–H and O–H groups in total. The Morgan fingerprint density at radius 1 is 0.900 bits per heavy atom. The number of hydrogen-bond donors (Lipinski definition) is 0. The van der Waals surface area contributed by atoms with E-state index >= 15 is 0 Å². The highest BCUT2D eigenvalue weighted by atomic mass is 15.3. The highest BCUT2D eigenvalue weighted by molar-refractivity contribution is 4.82. The van der Waals surface area contributed by atoms with Crippen molar-refractivity contribution >= 4 is 0 Å². The van der Waals surface area contributed by atoms with Crippen LogP contribution in [0.5, 0.6) is 0 Å². The van der Waals surface area contributed by atoms with Crippen LogP contribution in [0.4, 0.5) is 0 Å². The molecule has 0 aromatic rings. The second-order valence-corrected chi connectivity index (χ2v) is 6.59. The van der Waals surface area contributed by atoms with Crippen LogP contribution in [0.2, 0.25) is 0 Å². The number of hydrogen-bond acceptors (Lipinski definition) is 3. The number of rotatable bonds is 4. The Balaban J connectivity index is 0.000000956. The van der Waals surface area contributed by atoms with Gasteiger partial charge in [0, 0.05) is 32.2 Å². The van der Waals surface area contributed by atoms with Gasteiger partial charge in [0.2, 0.25) is 0 Å². The number of likely N-dealkylation sites (tertiary alicyclic amines) is 1. The molecule has 2 rings (SSSR count). The van der Waals surface area contributed by atoms with Gasteiger partial charge in [-0.3, -0.25) is 4.90 Å². The van der Waals surface area contributed by atoms with E-state index in [1.54, 1.807) is 0 Å². The van der Waals surface area contributed by atoms with E-state index in [2.05, 4.69) is 35.6 Å². The first kappa shape index (κ1) is 17.9. The molecule has 0 radical (unpaired) electrons. The van der Waals surface area contributed by atoms with Crippen molar-refractivity contribution in [2.75, 3.05) is 52.9 Å². The Bertz CT molecular complexity index is 226. The van der Waals surface area contributed by atoms with Crippen molar-refractivity contribution in [2.45, 2.75) is 53.0 Å². The smallest absolute Gasteiger partial charge is 0.0121 e. The van der Waals surface area contributed by atoms with Gasteiger partial charge in [0.25, 0.3) is 0 Å². The van der Waals surface area contributed by atoms with Crippen molar-refractivity contribution in [2.24, 2.45) is 5.92 Å². The van der Waals surface area contributed by atoms with Gasteiger partial charge in [0.05, 0.1) is 0 Å². The summed E-state index contributed by atoms with van der Waals surface area (Å²) < 4.78 is 0. The zero-order valence-electron chi connectivity index (χ0n) is 14.6. The number of piperidine rings is 1. The maximum atomic E-state index is 2.75. The lowest BCUT2D eigenvalue weighted by molar-refractivity contribution is 0.0630. The first-order valence-electron chi connectivity index (χ1n) is 8.80. The molecule has 3 nitrogen and oxygen atoms in total. The topological polar surface area (TPSA) is 9.72 Å². The fourth-order valence-electron chi connectivity index (χ4n) is 3.15. The molecular weight excluding hydrogens is 246 g/mol. The van der Waals surface area contributed by atoms with E-state index in [-0.39, 0.29) is 0 Å². The molecule has 0 amide bonds. The van der Waals surface area contributed by atoms with Crippen LogP contribution in [0, 0.1) is 5.92 Å². The number of piperazine rings is 1. The zero-order chi connectivity index (χ0) is 15.0. The molecular formula is C17H37N3. The van der Waals surface area contributed by atoms with E-state index in [0.29, 0.717) is 0 Å². The van der Waals surface area contributed by atoms with Gasteiger partial charge in [-0.15, -0.1) is 0 Å². The lowest BCUT2D eigenvalue weighted by Gasteiger charge is -2.42. The van der Waals surface area contributed by atoms with Crippen molar-refractivity contribution < 1.29 is 0 Å². The minimum absolute atomic E-state index is 0.844. The van der Waals surface area contributed by atoms with Crippen LogP contribution < -0.4 is 0 Å². The van der Waals surface area contributed by atoms with Crippen molar-refractivity contribution in [3.63, 3.8) is 0 Å². The normalized spacial score (nSPS) is 23.7. The highest BCUT2D eigenvalue weighted by Gasteiger charge is 2.26. The van der Waals surface area contributed by atoms with E-state index in [1.165, 1.54) is 65.1 Å². The van der Waals surface area contributed by atoms with E-state index in [0.717, 1.165) is 12.0 Å². The van der Waals surface area contributed by atoms with Crippen LogP contribution in [0.3, 0.4) is 0 Å². The van der Waals surface area contributed by atoms with Crippen LogP contribution in [-0.4, -0.2) is 73.6 Å². The largest absolute Gasteiger partial charge is 0.306 e. The van der Waals surface area contributed by atoms with Gasteiger partial charge in [-0.05, 0) is 51.9 Å². The zero-order valence-corrected chi connectivity index (χ0v) is 14.6. The molecule has 120 valence electrons. The average molecular weight is 284 g/mol. The monoisotopic (exact) mass is 283 g/mol. The maximum Gasteiger partial charge on any atom is 0.0121 e. The summed E-state index contributed by atoms with van der Waals surface area (Å²) in [6.45, 7) is 17.7. The van der Waals surface area contributed by atoms with Crippen LogP contribution in [-0.2, 0) is 0 Å². The summed E-state index contributed by atoms with van der Waals surface area (Å²) in [6, 6.07) is 0.869. The van der Waals surface area contributed by atoms with E-state index in [9.17, 15) is 0 Å². The Kier molecular flexibility index (Phi) is 8.74. The van der Waals surface area contributed by atoms with Crippen LogP contribution in [0.25, 0.3) is 0 Å². The summed E-state index contributed by atoms with van der Waals surface area (Å²) in [5.41, 5.74) is 0. The predicted octanol–water partition coefficient (Wildman–Crippen LogP) is 2.77. The Morgan fingerprint density at radius 3 is 1.95 bits per heavy atom. The minimum Gasteiger partial charge on any atom is -0.306 e. The minimum atomic E-state index is 0.844. The summed E-state index contributed by atoms with van der Waals surface area (Å²) in [4.78, 5) is 7.87. The van der Waals surface area contributed by atoms with Gasteiger partial charge in [-0.1, -0.05) is 27.7 Å². The molecule has 20 heavy (non-hydrogen) atoms. The van der Waals surface area contributed by atoms with Crippen LogP contribution in [0.15, 0.2) is 0 Å². The molecule has 0 aromatic heterocycles. The second kappa shape index (κ2) is 9.75. The van der Waals surface area contributed by atoms with Gasteiger partial charge in [-0.25, -0.2) is 0 Å². The van der Waals surface area contributed by atoms with Gasteiger partial charge in [0.15, 0.2) is 0 Å². The fraction of sp³-hybridized carbons (Fsp3) is 1.00. The SMILES string of the molecule is CC.CC(C)CCN1CCN(C2CCN(C)CC2)CC1. The van der Waals surface area contributed by atoms with E-state index in [4.69, 9.17) is 0 Å². The van der Waals surface area contributed by atoms with Gasteiger partial charge >= 0.3 is 0 Å². The molecule has 2 fully saturated rings. The average Bonchev–Trinajstić information content (AvgIpc) is 2.49. The Labute approximate surface area is 127 Å². The molecule has 2 aliphatic rings. The quantitative estimate of drug-likeness (QED) is 0.785. The Morgan fingerprint density at radius 2 is 1.45 bits per heavy atom. The lowest BCUT2D eigenvalue weighted by Crippen LogP contribution is -2.53. The molecule has 0 saturated carbocycles. The van der Waals surface area contributed by atoms with Crippen LogP contribution >= 0.6 is 0 Å². The molecule has 2 aliphatic heterocycles. The fourth-order valence-corrected chi connectivity index (χ4v) is 3.15. The first-order chi connectivity index (χ1) is 9.65. The summed E-state index contributed by atoms with van der Waals surface area (Å²) in [5, 5.41) is 0. The second-order valence-electron chi connectivity index (χ2n) is 6.59. The number of nitrogens with zero attached hydrogens (tertiary/aromatic N) is 3. The molecule has 0 spiro atoms. The molecule has 2 saturated heterocycles. The summed E-state index contributed by atoms with van der Waals surface area (Å²) >= 11 is 0. The first-order valence-corrected chi connectivity index (χ1v) is 8.80. The molecule has 0 aliphatic carbocycles. The van der Waals surface area contributed by atoms with Crippen molar-refractivity contribution in [3.05, 3.63) is 0 Å². The molecule has 0 bridgehead atoms. The van der Waals surface area contributed by atoms with Crippen molar-refractivity contribution in [1.82, 2.24) is 14.7 Å². The van der Waals surface area contributed by atoms with Crippen molar-refractivity contribution in [3.8, 4) is 0 Å². The van der Waals surface area contributed by atoms with Crippen LogP contribution in [0.1, 0.15) is 47.0 Å². The molecule has 0 unspecified atom stereocenters. The predicted molar refractivity (Wildman–Crippen MR) is 89.3 cm³/mol. The lowest BCUT2D eigenvalue weighted by atomic mass is 10.0. The van der Waals surface area contributed by atoms with Gasteiger partial charge < -0.3 is 9.80 Å². The summed E-state index contributed by atoms with van der Waals surface area (Å²) in [5.74, 6) is 0.844. The third-order valence-corrected chi connectivity index (χ3v) is 4.63. The standard InChI is InChI=1S/C15H31N3.C2H6/c1-14(2)4-9-17-10-12-18(13-11-17)15-5-7-16(3)8-6-15;1-2/h14-15H,4-13H2,1-3H3;1-2H3. The molecule has 3 heteroatoms. The maximum absolute atomic E-state index is 2.75. The third-order valence-electron chi connectivity index (χ3n) is 4.63. The summed E-state index contributed by atoms with van der Waals surface area (Å²) in [6.07, 6.45) is 4.11. The van der Waals surface area contributed by atoms with Gasteiger partial charge in [-0.2, -0.15) is 0 Å². The Hall–Kier alpha value is -0.120. The van der Waals surface area contributed by atoms with E-state index < -0.39 is 0 Å². The van der Waals surface area contributed by atoms with Gasteiger partial charge in [0.1, 0.15) is 0 Å². The third kappa shape index (κ3) is 6.11. The molecule has 0 aromatic carbocycles.